The predicted molar refractivity (Wildman–Crippen MR) is 139 cm³/mol. The molecule has 1 aromatic carbocycles. The van der Waals surface area contributed by atoms with E-state index in [0.717, 1.165) is 56.9 Å². The molecule has 190 valence electrons. The standard InChI is InChI=1S/C29H40N2O4/c1-4-6-7-8-9-10-11-16-28(33)35-26-21-30-29(31-22-26)25-19-17-24(18-20-25)15-13-12-14-23(3)34-27(32)5-2/h4,17-23H,1,5-16H2,2-3H3. The fourth-order valence-electron chi connectivity index (χ4n) is 3.74. The van der Waals surface area contributed by atoms with Crippen LogP contribution in [0.5, 0.6) is 5.75 Å². The van der Waals surface area contributed by atoms with E-state index in [4.69, 9.17) is 9.47 Å². The molecule has 0 aliphatic carbocycles. The number of rotatable bonds is 17. The van der Waals surface area contributed by atoms with Crippen LogP contribution in [-0.2, 0) is 20.7 Å². The fraction of sp³-hybridized carbons (Fsp3) is 0.517. The number of hydrogen-bond acceptors (Lipinski definition) is 6. The average molecular weight is 481 g/mol. The van der Waals surface area contributed by atoms with Gasteiger partial charge in [0.25, 0.3) is 0 Å². The maximum atomic E-state index is 12.0. The van der Waals surface area contributed by atoms with Crippen molar-refractivity contribution in [2.45, 2.75) is 97.0 Å². The first kappa shape index (κ1) is 28.2. The molecule has 0 fully saturated rings. The number of aromatic nitrogens is 2. The highest BCUT2D eigenvalue weighted by molar-refractivity contribution is 5.72. The molecule has 0 bridgehead atoms. The van der Waals surface area contributed by atoms with Crippen LogP contribution in [0.15, 0.2) is 49.3 Å². The third kappa shape index (κ3) is 11.8. The van der Waals surface area contributed by atoms with Crippen LogP contribution in [0.2, 0.25) is 0 Å². The Hall–Kier alpha value is -3.02. The monoisotopic (exact) mass is 480 g/mol. The Labute approximate surface area is 210 Å². The Balaban J connectivity index is 1.69. The first-order valence-electron chi connectivity index (χ1n) is 12.9. The van der Waals surface area contributed by atoms with Crippen molar-refractivity contribution >= 4 is 11.9 Å². The minimum Gasteiger partial charge on any atom is -0.463 e. The van der Waals surface area contributed by atoms with Crippen molar-refractivity contribution in [3.05, 3.63) is 54.9 Å². The Bertz CT molecular complexity index is 894. The summed E-state index contributed by atoms with van der Waals surface area (Å²) in [6, 6.07) is 8.20. The zero-order chi connectivity index (χ0) is 25.3. The third-order valence-corrected chi connectivity index (χ3v) is 5.81. The minimum absolute atomic E-state index is 0.0263. The number of hydrogen-bond donors (Lipinski definition) is 0. The van der Waals surface area contributed by atoms with E-state index in [2.05, 4.69) is 28.7 Å². The van der Waals surface area contributed by atoms with E-state index in [1.54, 1.807) is 12.4 Å². The molecular formula is C29H40N2O4. The highest BCUT2D eigenvalue weighted by Crippen LogP contribution is 2.19. The van der Waals surface area contributed by atoms with Crippen molar-refractivity contribution in [3.8, 4) is 17.1 Å². The van der Waals surface area contributed by atoms with Gasteiger partial charge in [0.1, 0.15) is 0 Å². The Morgan fingerprint density at radius 1 is 0.943 bits per heavy atom. The van der Waals surface area contributed by atoms with Gasteiger partial charge in [-0.1, -0.05) is 56.5 Å². The van der Waals surface area contributed by atoms with Crippen LogP contribution < -0.4 is 4.74 Å². The normalized spacial score (nSPS) is 11.6. The second-order valence-electron chi connectivity index (χ2n) is 8.91. The van der Waals surface area contributed by atoms with Crippen LogP contribution in [0.3, 0.4) is 0 Å². The molecule has 2 aromatic rings. The highest BCUT2D eigenvalue weighted by atomic mass is 16.5. The van der Waals surface area contributed by atoms with E-state index in [9.17, 15) is 9.59 Å². The maximum Gasteiger partial charge on any atom is 0.311 e. The summed E-state index contributed by atoms with van der Waals surface area (Å²) in [6.07, 6.45) is 16.2. The summed E-state index contributed by atoms with van der Waals surface area (Å²) in [6.45, 7) is 7.48. The molecule has 0 aliphatic heterocycles. The van der Waals surface area contributed by atoms with Crippen molar-refractivity contribution in [2.24, 2.45) is 0 Å². The molecular weight excluding hydrogens is 440 g/mol. The minimum atomic E-state index is -0.241. The lowest BCUT2D eigenvalue weighted by Crippen LogP contribution is -2.13. The highest BCUT2D eigenvalue weighted by Gasteiger charge is 2.09. The second kappa shape index (κ2) is 16.6. The van der Waals surface area contributed by atoms with Gasteiger partial charge in [0.15, 0.2) is 11.6 Å². The number of unbranched alkanes of at least 4 members (excludes halogenated alkanes) is 6. The zero-order valence-electron chi connectivity index (χ0n) is 21.3. The summed E-state index contributed by atoms with van der Waals surface area (Å²) in [4.78, 5) is 32.1. The Morgan fingerprint density at radius 2 is 1.63 bits per heavy atom. The summed E-state index contributed by atoms with van der Waals surface area (Å²) in [7, 11) is 0. The van der Waals surface area contributed by atoms with Gasteiger partial charge in [0, 0.05) is 18.4 Å². The quantitative estimate of drug-likeness (QED) is 0.137. The van der Waals surface area contributed by atoms with Crippen molar-refractivity contribution in [3.63, 3.8) is 0 Å². The molecule has 0 radical (unpaired) electrons. The largest absolute Gasteiger partial charge is 0.463 e. The van der Waals surface area contributed by atoms with Crippen LogP contribution in [0.25, 0.3) is 11.4 Å². The molecule has 0 N–H and O–H groups in total. The van der Waals surface area contributed by atoms with Gasteiger partial charge in [-0.05, 0) is 57.4 Å². The molecule has 1 atom stereocenters. The van der Waals surface area contributed by atoms with Gasteiger partial charge in [-0.2, -0.15) is 0 Å². The lowest BCUT2D eigenvalue weighted by atomic mass is 10.0. The van der Waals surface area contributed by atoms with Crippen molar-refractivity contribution < 1.29 is 19.1 Å². The molecule has 6 nitrogen and oxygen atoms in total. The van der Waals surface area contributed by atoms with Crippen LogP contribution in [0.1, 0.15) is 90.0 Å². The molecule has 1 heterocycles. The molecule has 0 aliphatic rings. The summed E-state index contributed by atoms with van der Waals surface area (Å²) in [5.74, 6) is 0.597. The van der Waals surface area contributed by atoms with Gasteiger partial charge in [-0.15, -0.1) is 6.58 Å². The van der Waals surface area contributed by atoms with E-state index < -0.39 is 0 Å². The van der Waals surface area contributed by atoms with Gasteiger partial charge < -0.3 is 9.47 Å². The van der Waals surface area contributed by atoms with Crippen molar-refractivity contribution in [1.29, 1.82) is 0 Å². The van der Waals surface area contributed by atoms with Gasteiger partial charge in [0.05, 0.1) is 18.5 Å². The molecule has 6 heteroatoms. The molecule has 2 rings (SSSR count). The summed E-state index contributed by atoms with van der Waals surface area (Å²) in [5.41, 5.74) is 2.17. The maximum absolute atomic E-state index is 12.0. The van der Waals surface area contributed by atoms with E-state index >= 15 is 0 Å². The molecule has 35 heavy (non-hydrogen) atoms. The number of aryl methyl sites for hydroxylation is 1. The van der Waals surface area contributed by atoms with Crippen LogP contribution in [0, 0.1) is 0 Å². The molecule has 0 amide bonds. The zero-order valence-corrected chi connectivity index (χ0v) is 21.3. The summed E-state index contributed by atoms with van der Waals surface area (Å²) < 4.78 is 10.7. The van der Waals surface area contributed by atoms with Gasteiger partial charge in [0.2, 0.25) is 0 Å². The fourth-order valence-corrected chi connectivity index (χ4v) is 3.74. The Kier molecular flexibility index (Phi) is 13.4. The molecule has 0 saturated carbocycles. The van der Waals surface area contributed by atoms with E-state index in [1.807, 2.05) is 32.1 Å². The molecule has 0 spiro atoms. The van der Waals surface area contributed by atoms with Crippen molar-refractivity contribution in [2.75, 3.05) is 0 Å². The van der Waals surface area contributed by atoms with E-state index in [-0.39, 0.29) is 18.0 Å². The number of nitrogens with zero attached hydrogens (tertiary/aromatic N) is 2. The second-order valence-corrected chi connectivity index (χ2v) is 8.91. The topological polar surface area (TPSA) is 78.4 Å². The van der Waals surface area contributed by atoms with Gasteiger partial charge in [-0.3, -0.25) is 9.59 Å². The van der Waals surface area contributed by atoms with Crippen LogP contribution in [-0.4, -0.2) is 28.0 Å². The number of esters is 2. The van der Waals surface area contributed by atoms with Crippen LogP contribution in [0.4, 0.5) is 0 Å². The third-order valence-electron chi connectivity index (χ3n) is 5.81. The smallest absolute Gasteiger partial charge is 0.311 e. The number of ether oxygens (including phenoxy) is 2. The lowest BCUT2D eigenvalue weighted by molar-refractivity contribution is -0.148. The van der Waals surface area contributed by atoms with Gasteiger partial charge in [-0.25, -0.2) is 9.97 Å². The number of allylic oxidation sites excluding steroid dienone is 1. The van der Waals surface area contributed by atoms with E-state index in [1.165, 1.54) is 18.4 Å². The summed E-state index contributed by atoms with van der Waals surface area (Å²) >= 11 is 0. The SMILES string of the molecule is C=CCCCCCCCC(=O)Oc1cnc(-c2ccc(CCCCC(C)OC(=O)CC)cc2)nc1. The molecule has 0 saturated heterocycles. The lowest BCUT2D eigenvalue weighted by Gasteiger charge is -2.12. The predicted octanol–water partition coefficient (Wildman–Crippen LogP) is 7.02. The van der Waals surface area contributed by atoms with Crippen LogP contribution >= 0.6 is 0 Å². The first-order valence-corrected chi connectivity index (χ1v) is 12.9. The molecule has 1 aromatic heterocycles. The first-order chi connectivity index (χ1) is 17.0. The van der Waals surface area contributed by atoms with E-state index in [0.29, 0.717) is 24.4 Å². The number of carbonyl (C=O) groups is 2. The number of benzene rings is 1. The van der Waals surface area contributed by atoms with Gasteiger partial charge >= 0.3 is 11.9 Å². The summed E-state index contributed by atoms with van der Waals surface area (Å²) in [5, 5.41) is 0. The van der Waals surface area contributed by atoms with Crippen molar-refractivity contribution in [1.82, 2.24) is 9.97 Å². The Morgan fingerprint density at radius 3 is 2.31 bits per heavy atom. The number of carbonyl (C=O) groups excluding carboxylic acids is 2. The average Bonchev–Trinajstić information content (AvgIpc) is 2.87. The molecule has 1 unspecified atom stereocenters.